The minimum atomic E-state index is -0.286. The van der Waals surface area contributed by atoms with Gasteiger partial charge in [0.15, 0.2) is 0 Å². The number of carbonyl (C=O) groups is 2. The molecule has 0 aliphatic rings. The number of unbranched alkanes of at least 4 members (excludes halogenated alkanes) is 3. The van der Waals surface area contributed by atoms with E-state index in [4.69, 9.17) is 0 Å². The van der Waals surface area contributed by atoms with Gasteiger partial charge in [-0.25, -0.2) is 0 Å². The number of hydrogen-bond acceptors (Lipinski definition) is 4. The summed E-state index contributed by atoms with van der Waals surface area (Å²) in [5, 5.41) is 2.56. The predicted molar refractivity (Wildman–Crippen MR) is 71.1 cm³/mol. The first-order valence-corrected chi connectivity index (χ1v) is 7.12. The van der Waals surface area contributed by atoms with Crippen molar-refractivity contribution in [3.05, 3.63) is 0 Å². The Bertz CT molecular complexity index is 234. The molecule has 0 radical (unpaired) electrons. The molecule has 0 aromatic carbocycles. The molecule has 17 heavy (non-hydrogen) atoms. The molecule has 0 aliphatic heterocycles. The van der Waals surface area contributed by atoms with Gasteiger partial charge in [-0.15, -0.1) is 11.8 Å². The molecule has 0 rings (SSSR count). The second-order valence-corrected chi connectivity index (χ2v) is 5.22. The van der Waals surface area contributed by atoms with Gasteiger partial charge in [0.1, 0.15) is 5.25 Å². The summed E-state index contributed by atoms with van der Waals surface area (Å²) in [5.74, 6) is 0.0114. The first-order valence-electron chi connectivity index (χ1n) is 6.08. The molecule has 5 heteroatoms. The highest BCUT2D eigenvalue weighted by atomic mass is 32.2. The minimum Gasteiger partial charge on any atom is -0.468 e. The lowest BCUT2D eigenvalue weighted by atomic mass is 10.2. The first-order chi connectivity index (χ1) is 8.11. The lowest BCUT2D eigenvalue weighted by molar-refractivity contribution is -0.139. The number of thioether (sulfide) groups is 1. The highest BCUT2D eigenvalue weighted by Gasteiger charge is 2.14. The number of nitrogens with one attached hydrogen (secondary N) is 1. The highest BCUT2D eigenvalue weighted by molar-refractivity contribution is 8.01. The normalized spacial score (nSPS) is 11.9. The van der Waals surface area contributed by atoms with E-state index in [-0.39, 0.29) is 17.1 Å². The van der Waals surface area contributed by atoms with Gasteiger partial charge in [-0.2, -0.15) is 0 Å². The zero-order valence-corrected chi connectivity index (χ0v) is 11.8. The fraction of sp³-hybridized carbons (Fsp3) is 0.833. The molecule has 0 aliphatic carbocycles. The van der Waals surface area contributed by atoms with E-state index in [0.717, 1.165) is 19.4 Å². The van der Waals surface area contributed by atoms with E-state index in [0.29, 0.717) is 5.75 Å². The maximum Gasteiger partial charge on any atom is 0.318 e. The molecule has 0 saturated heterocycles. The van der Waals surface area contributed by atoms with Gasteiger partial charge in [-0.1, -0.05) is 26.2 Å². The molecule has 0 saturated carbocycles. The number of rotatable bonds is 9. The Morgan fingerprint density at radius 2 is 2.00 bits per heavy atom. The summed E-state index contributed by atoms with van der Waals surface area (Å²) in [6.07, 6.45) is 4.59. The summed E-state index contributed by atoms with van der Waals surface area (Å²) in [4.78, 5) is 22.5. The van der Waals surface area contributed by atoms with Crippen LogP contribution >= 0.6 is 11.8 Å². The quantitative estimate of drug-likeness (QED) is 0.509. The van der Waals surface area contributed by atoms with Crippen LogP contribution in [-0.2, 0) is 14.3 Å². The van der Waals surface area contributed by atoms with Crippen molar-refractivity contribution in [2.75, 3.05) is 19.4 Å². The van der Waals surface area contributed by atoms with Crippen LogP contribution in [0.3, 0.4) is 0 Å². The van der Waals surface area contributed by atoms with Gasteiger partial charge in [0.25, 0.3) is 0 Å². The van der Waals surface area contributed by atoms with Crippen LogP contribution in [0.15, 0.2) is 0 Å². The van der Waals surface area contributed by atoms with Crippen molar-refractivity contribution >= 4 is 23.6 Å². The number of hydrogen-bond donors (Lipinski definition) is 1. The van der Waals surface area contributed by atoms with Crippen LogP contribution in [0, 0.1) is 0 Å². The monoisotopic (exact) mass is 261 g/mol. The molecule has 0 heterocycles. The number of amides is 1. The van der Waals surface area contributed by atoms with Crippen molar-refractivity contribution in [3.8, 4) is 0 Å². The summed E-state index contributed by atoms with van der Waals surface area (Å²) in [7, 11) is 1.35. The highest BCUT2D eigenvalue weighted by Crippen LogP contribution is 2.10. The Hall–Kier alpha value is -0.710. The topological polar surface area (TPSA) is 55.4 Å². The zero-order valence-electron chi connectivity index (χ0n) is 11.0. The summed E-state index contributed by atoms with van der Waals surface area (Å²) in [6.45, 7) is 4.63. The molecular formula is C12H23NO3S. The van der Waals surface area contributed by atoms with Gasteiger partial charge in [0.05, 0.1) is 12.9 Å². The van der Waals surface area contributed by atoms with Gasteiger partial charge >= 0.3 is 5.97 Å². The Kier molecular flexibility index (Phi) is 10.0. The zero-order chi connectivity index (χ0) is 13.1. The molecule has 1 unspecified atom stereocenters. The fourth-order valence-corrected chi connectivity index (χ4v) is 2.00. The number of esters is 1. The van der Waals surface area contributed by atoms with Crippen molar-refractivity contribution in [1.29, 1.82) is 0 Å². The second kappa shape index (κ2) is 10.4. The van der Waals surface area contributed by atoms with Crippen LogP contribution < -0.4 is 5.32 Å². The van der Waals surface area contributed by atoms with Crippen LogP contribution in [0.1, 0.15) is 39.5 Å². The second-order valence-electron chi connectivity index (χ2n) is 3.89. The molecule has 0 fully saturated rings. The maximum atomic E-state index is 11.4. The summed E-state index contributed by atoms with van der Waals surface area (Å²) in [6, 6.07) is 0. The van der Waals surface area contributed by atoms with Crippen LogP contribution in [0.25, 0.3) is 0 Å². The van der Waals surface area contributed by atoms with Gasteiger partial charge < -0.3 is 10.1 Å². The van der Waals surface area contributed by atoms with Gasteiger partial charge in [0, 0.05) is 6.54 Å². The van der Waals surface area contributed by atoms with Crippen molar-refractivity contribution in [1.82, 2.24) is 5.32 Å². The van der Waals surface area contributed by atoms with Crippen molar-refractivity contribution in [2.24, 2.45) is 0 Å². The predicted octanol–water partition coefficient (Wildman–Crippen LogP) is 1.98. The molecule has 1 N–H and O–H groups in total. The van der Waals surface area contributed by atoms with E-state index in [2.05, 4.69) is 17.0 Å². The van der Waals surface area contributed by atoms with Crippen molar-refractivity contribution in [3.63, 3.8) is 0 Å². The van der Waals surface area contributed by atoms with Crippen LogP contribution in [0.2, 0.25) is 0 Å². The standard InChI is InChI=1S/C12H23NO3S/c1-4-5-6-7-8-13-11(14)9-17-10(2)12(15)16-3/h10H,4-9H2,1-3H3,(H,13,14). The number of carbonyl (C=O) groups excluding carboxylic acids is 2. The van der Waals surface area contributed by atoms with Gasteiger partial charge in [-0.3, -0.25) is 9.59 Å². The summed E-state index contributed by atoms with van der Waals surface area (Å²) < 4.78 is 4.58. The van der Waals surface area contributed by atoms with E-state index in [9.17, 15) is 9.59 Å². The van der Waals surface area contributed by atoms with Crippen LogP contribution in [0.5, 0.6) is 0 Å². The van der Waals surface area contributed by atoms with E-state index < -0.39 is 0 Å². The molecule has 0 spiro atoms. The lowest BCUT2D eigenvalue weighted by Crippen LogP contribution is -2.28. The van der Waals surface area contributed by atoms with Gasteiger partial charge in [0.2, 0.25) is 5.91 Å². The van der Waals surface area contributed by atoms with E-state index in [1.807, 2.05) is 0 Å². The van der Waals surface area contributed by atoms with E-state index in [1.165, 1.54) is 31.7 Å². The Morgan fingerprint density at radius 3 is 2.59 bits per heavy atom. The third kappa shape index (κ3) is 9.03. The molecule has 1 amide bonds. The molecular weight excluding hydrogens is 238 g/mol. The molecule has 0 bridgehead atoms. The lowest BCUT2D eigenvalue weighted by Gasteiger charge is -2.09. The summed E-state index contributed by atoms with van der Waals surface area (Å²) in [5.41, 5.74) is 0. The largest absolute Gasteiger partial charge is 0.468 e. The Morgan fingerprint density at radius 1 is 1.29 bits per heavy atom. The van der Waals surface area contributed by atoms with Crippen molar-refractivity contribution < 1.29 is 14.3 Å². The average Bonchev–Trinajstić information content (AvgIpc) is 2.34. The number of methoxy groups -OCH3 is 1. The molecule has 0 aromatic heterocycles. The average molecular weight is 261 g/mol. The van der Waals surface area contributed by atoms with E-state index >= 15 is 0 Å². The third-order valence-corrected chi connectivity index (χ3v) is 3.47. The van der Waals surface area contributed by atoms with Crippen LogP contribution in [0.4, 0.5) is 0 Å². The van der Waals surface area contributed by atoms with Crippen molar-refractivity contribution in [2.45, 2.75) is 44.8 Å². The smallest absolute Gasteiger partial charge is 0.318 e. The molecule has 0 aromatic rings. The van der Waals surface area contributed by atoms with E-state index in [1.54, 1.807) is 6.92 Å². The molecule has 100 valence electrons. The molecule has 4 nitrogen and oxygen atoms in total. The minimum absolute atomic E-state index is 0.0118. The van der Waals surface area contributed by atoms with Crippen LogP contribution in [-0.4, -0.2) is 36.5 Å². The SMILES string of the molecule is CCCCCCNC(=O)CSC(C)C(=O)OC. The fourth-order valence-electron chi connectivity index (χ4n) is 1.27. The summed E-state index contributed by atoms with van der Waals surface area (Å²) >= 11 is 1.30. The first kappa shape index (κ1) is 16.3. The maximum absolute atomic E-state index is 11.4. The third-order valence-electron chi connectivity index (χ3n) is 2.35. The molecule has 1 atom stereocenters. The number of ether oxygens (including phenoxy) is 1. The van der Waals surface area contributed by atoms with Gasteiger partial charge in [-0.05, 0) is 13.3 Å². The Balaban J connectivity index is 3.49. The Labute approximate surface area is 108 Å².